The second-order valence-electron chi connectivity index (χ2n) is 5.35. The SMILES string of the molecule is CC/C(=C\C=C/C(C)c1sc(C)nc1C(C)C)C(F)(F)F. The van der Waals surface area contributed by atoms with Gasteiger partial charge in [0, 0.05) is 16.4 Å². The van der Waals surface area contributed by atoms with Crippen molar-refractivity contribution in [3.8, 4) is 0 Å². The zero-order valence-corrected chi connectivity index (χ0v) is 13.9. The van der Waals surface area contributed by atoms with Gasteiger partial charge in [-0.15, -0.1) is 11.3 Å². The molecule has 0 aliphatic rings. The molecular formula is C16H22F3NS. The van der Waals surface area contributed by atoms with Crippen LogP contribution in [0.15, 0.2) is 23.8 Å². The molecule has 118 valence electrons. The highest BCUT2D eigenvalue weighted by Gasteiger charge is 2.31. The third-order valence-corrected chi connectivity index (χ3v) is 4.38. The van der Waals surface area contributed by atoms with Crippen LogP contribution in [0.25, 0.3) is 0 Å². The summed E-state index contributed by atoms with van der Waals surface area (Å²) >= 11 is 1.62. The maximum absolute atomic E-state index is 12.6. The zero-order valence-electron chi connectivity index (χ0n) is 13.1. The van der Waals surface area contributed by atoms with Crippen molar-refractivity contribution in [2.45, 2.75) is 59.1 Å². The Kier molecular flexibility index (Phi) is 6.20. The molecule has 0 spiro atoms. The Bertz CT molecular complexity index is 524. The Morgan fingerprint density at radius 2 is 1.90 bits per heavy atom. The van der Waals surface area contributed by atoms with Crippen LogP contribution in [0.1, 0.15) is 61.5 Å². The molecule has 0 saturated carbocycles. The minimum atomic E-state index is -4.24. The van der Waals surface area contributed by atoms with Gasteiger partial charge in [0.25, 0.3) is 0 Å². The Morgan fingerprint density at radius 1 is 1.29 bits per heavy atom. The molecule has 0 fully saturated rings. The lowest BCUT2D eigenvalue weighted by Gasteiger charge is -2.10. The number of nitrogens with zero attached hydrogens (tertiary/aromatic N) is 1. The maximum Gasteiger partial charge on any atom is 0.412 e. The van der Waals surface area contributed by atoms with Crippen molar-refractivity contribution in [3.63, 3.8) is 0 Å². The van der Waals surface area contributed by atoms with Crippen LogP contribution in [-0.4, -0.2) is 11.2 Å². The molecule has 0 N–H and O–H groups in total. The average molecular weight is 317 g/mol. The summed E-state index contributed by atoms with van der Waals surface area (Å²) in [5.41, 5.74) is 0.542. The molecular weight excluding hydrogens is 295 g/mol. The van der Waals surface area contributed by atoms with Crippen LogP contribution in [0.2, 0.25) is 0 Å². The van der Waals surface area contributed by atoms with Crippen LogP contribution in [0.4, 0.5) is 13.2 Å². The molecule has 1 atom stereocenters. The smallest absolute Gasteiger partial charge is 0.246 e. The molecule has 0 amide bonds. The van der Waals surface area contributed by atoms with Crippen LogP contribution < -0.4 is 0 Å². The van der Waals surface area contributed by atoms with Gasteiger partial charge in [0.1, 0.15) is 0 Å². The first-order chi connectivity index (χ1) is 9.66. The van der Waals surface area contributed by atoms with Gasteiger partial charge in [0.15, 0.2) is 0 Å². The summed E-state index contributed by atoms with van der Waals surface area (Å²) in [7, 11) is 0. The first-order valence-corrected chi connectivity index (χ1v) is 7.90. The van der Waals surface area contributed by atoms with Gasteiger partial charge in [-0.1, -0.05) is 45.9 Å². The first-order valence-electron chi connectivity index (χ1n) is 7.08. The van der Waals surface area contributed by atoms with Crippen LogP contribution in [-0.2, 0) is 0 Å². The van der Waals surface area contributed by atoms with E-state index in [1.807, 2.05) is 13.8 Å². The van der Waals surface area contributed by atoms with Gasteiger partial charge in [-0.3, -0.25) is 0 Å². The Balaban J connectivity index is 2.93. The first kappa shape index (κ1) is 18.0. The van der Waals surface area contributed by atoms with Gasteiger partial charge in [-0.05, 0) is 19.3 Å². The molecule has 0 aliphatic carbocycles. The standard InChI is InChI=1S/C16H22F3NS/c1-6-13(16(17,18)19)9-7-8-11(4)15-14(10(2)3)20-12(5)21-15/h7-11H,6H2,1-5H3/b8-7-,13-9+. The predicted octanol–water partition coefficient (Wildman–Crippen LogP) is 6.13. The zero-order chi connectivity index (χ0) is 16.2. The van der Waals surface area contributed by atoms with E-state index in [1.54, 1.807) is 17.4 Å². The molecule has 1 heterocycles. The van der Waals surface area contributed by atoms with Gasteiger partial charge >= 0.3 is 6.18 Å². The molecule has 21 heavy (non-hydrogen) atoms. The normalized spacial score (nSPS) is 15.2. The lowest BCUT2D eigenvalue weighted by molar-refractivity contribution is -0.0935. The fraction of sp³-hybridized carbons (Fsp3) is 0.562. The Morgan fingerprint density at radius 3 is 2.38 bits per heavy atom. The van der Waals surface area contributed by atoms with E-state index in [2.05, 4.69) is 18.8 Å². The number of halogens is 3. The van der Waals surface area contributed by atoms with Crippen molar-refractivity contribution < 1.29 is 13.2 Å². The monoisotopic (exact) mass is 317 g/mol. The molecule has 0 bridgehead atoms. The second-order valence-corrected chi connectivity index (χ2v) is 6.59. The highest BCUT2D eigenvalue weighted by Crippen LogP contribution is 2.32. The minimum Gasteiger partial charge on any atom is -0.246 e. The lowest BCUT2D eigenvalue weighted by Crippen LogP contribution is -2.10. The summed E-state index contributed by atoms with van der Waals surface area (Å²) in [5, 5.41) is 0.994. The minimum absolute atomic E-state index is 0.0148. The topological polar surface area (TPSA) is 12.9 Å². The highest BCUT2D eigenvalue weighted by molar-refractivity contribution is 7.11. The third-order valence-electron chi connectivity index (χ3n) is 3.19. The van der Waals surface area contributed by atoms with Crippen molar-refractivity contribution in [2.24, 2.45) is 0 Å². The number of allylic oxidation sites excluding steroid dienone is 4. The number of rotatable bonds is 5. The van der Waals surface area contributed by atoms with Crippen molar-refractivity contribution in [3.05, 3.63) is 39.4 Å². The molecule has 0 radical (unpaired) electrons. The molecule has 5 heteroatoms. The van der Waals surface area contributed by atoms with E-state index in [9.17, 15) is 13.2 Å². The van der Waals surface area contributed by atoms with Gasteiger partial charge in [0.05, 0.1) is 10.7 Å². The van der Waals surface area contributed by atoms with Crippen LogP contribution in [0.5, 0.6) is 0 Å². The fourth-order valence-corrected chi connectivity index (χ4v) is 3.15. The summed E-state index contributed by atoms with van der Waals surface area (Å²) in [4.78, 5) is 5.66. The van der Waals surface area contributed by atoms with E-state index in [0.29, 0.717) is 5.92 Å². The number of hydrogen-bond donors (Lipinski definition) is 0. The van der Waals surface area contributed by atoms with Gasteiger partial charge in [-0.25, -0.2) is 4.98 Å². The quantitative estimate of drug-likeness (QED) is 0.595. The summed E-state index contributed by atoms with van der Waals surface area (Å²) in [6.45, 7) is 9.61. The third kappa shape index (κ3) is 4.99. The number of hydrogen-bond acceptors (Lipinski definition) is 2. The number of thiazole rings is 1. The van der Waals surface area contributed by atoms with Crippen molar-refractivity contribution in [1.82, 2.24) is 4.98 Å². The van der Waals surface area contributed by atoms with Crippen LogP contribution in [0.3, 0.4) is 0 Å². The summed E-state index contributed by atoms with van der Waals surface area (Å²) < 4.78 is 37.9. The van der Waals surface area contributed by atoms with Gasteiger partial charge in [-0.2, -0.15) is 13.2 Å². The van der Waals surface area contributed by atoms with E-state index >= 15 is 0 Å². The predicted molar refractivity (Wildman–Crippen MR) is 82.9 cm³/mol. The number of aromatic nitrogens is 1. The highest BCUT2D eigenvalue weighted by atomic mass is 32.1. The second kappa shape index (κ2) is 7.25. The van der Waals surface area contributed by atoms with Crippen LogP contribution in [0, 0.1) is 6.92 Å². The summed E-state index contributed by atoms with van der Waals surface area (Å²) in [6, 6.07) is 0. The Hall–Kier alpha value is -1.10. The molecule has 0 aliphatic heterocycles. The van der Waals surface area contributed by atoms with E-state index in [-0.39, 0.29) is 12.3 Å². The fourth-order valence-electron chi connectivity index (χ4n) is 2.04. The van der Waals surface area contributed by atoms with E-state index in [4.69, 9.17) is 0 Å². The van der Waals surface area contributed by atoms with E-state index in [1.165, 1.54) is 19.1 Å². The summed E-state index contributed by atoms with van der Waals surface area (Å²) in [5.74, 6) is 0.383. The van der Waals surface area contributed by atoms with Crippen molar-refractivity contribution in [1.29, 1.82) is 0 Å². The molecule has 1 aromatic rings. The number of alkyl halides is 3. The maximum atomic E-state index is 12.6. The molecule has 1 nitrogen and oxygen atoms in total. The van der Waals surface area contributed by atoms with Gasteiger partial charge < -0.3 is 0 Å². The van der Waals surface area contributed by atoms with Crippen LogP contribution >= 0.6 is 11.3 Å². The molecule has 0 saturated heterocycles. The van der Waals surface area contributed by atoms with Gasteiger partial charge in [0.2, 0.25) is 0 Å². The van der Waals surface area contributed by atoms with E-state index in [0.717, 1.165) is 15.6 Å². The van der Waals surface area contributed by atoms with E-state index < -0.39 is 11.7 Å². The largest absolute Gasteiger partial charge is 0.412 e. The average Bonchev–Trinajstić information content (AvgIpc) is 2.75. The molecule has 1 rings (SSSR count). The van der Waals surface area contributed by atoms with Crippen molar-refractivity contribution >= 4 is 11.3 Å². The summed E-state index contributed by atoms with van der Waals surface area (Å²) in [6.07, 6.45) is 0.224. The molecule has 0 aromatic carbocycles. The van der Waals surface area contributed by atoms with Crippen molar-refractivity contribution in [2.75, 3.05) is 0 Å². The number of aryl methyl sites for hydroxylation is 1. The Labute approximate surface area is 128 Å². The molecule has 1 unspecified atom stereocenters. The molecule has 1 aromatic heterocycles. The lowest BCUT2D eigenvalue weighted by atomic mass is 10.0.